The van der Waals surface area contributed by atoms with Crippen molar-refractivity contribution in [1.29, 1.82) is 0 Å². The number of ether oxygens (including phenoxy) is 3. The zero-order valence-corrected chi connectivity index (χ0v) is 21.4. The first-order valence-electron chi connectivity index (χ1n) is 12.1. The molecule has 2 saturated heterocycles. The summed E-state index contributed by atoms with van der Waals surface area (Å²) in [5, 5.41) is -0.417. The molecule has 0 radical (unpaired) electrons. The van der Waals surface area contributed by atoms with E-state index in [1.165, 1.54) is 0 Å². The largest absolute Gasteiger partial charge is 0.454 e. The summed E-state index contributed by atoms with van der Waals surface area (Å²) < 4.78 is 19.2. The average Bonchev–Trinajstić information content (AvgIpc) is 3.63. The number of benzene rings is 2. The van der Waals surface area contributed by atoms with Gasteiger partial charge in [0.15, 0.2) is 0 Å². The lowest BCUT2D eigenvalue weighted by Gasteiger charge is -2.50. The third-order valence-corrected chi connectivity index (χ3v) is 12.2. The van der Waals surface area contributed by atoms with Gasteiger partial charge in [-0.15, -0.1) is 17.2 Å². The van der Waals surface area contributed by atoms with Crippen LogP contribution in [0, 0.1) is 11.8 Å². The second-order valence-corrected chi connectivity index (χ2v) is 12.8. The molecule has 6 rings (SSSR count). The second-order valence-electron chi connectivity index (χ2n) is 9.98. The van der Waals surface area contributed by atoms with Gasteiger partial charge in [-0.1, -0.05) is 36.4 Å². The van der Waals surface area contributed by atoms with Crippen molar-refractivity contribution >= 4 is 29.1 Å². The number of esters is 2. The van der Waals surface area contributed by atoms with Crippen LogP contribution in [0.15, 0.2) is 60.7 Å². The van der Waals surface area contributed by atoms with Crippen molar-refractivity contribution in [2.24, 2.45) is 11.8 Å². The van der Waals surface area contributed by atoms with Crippen LogP contribution < -0.4 is 0 Å². The van der Waals surface area contributed by atoms with Crippen LogP contribution in [0.1, 0.15) is 40.0 Å². The fourth-order valence-corrected chi connectivity index (χ4v) is 11.0. The van der Waals surface area contributed by atoms with E-state index >= 15 is 0 Å². The number of fused-ring (bicyclic) bond motifs is 9. The molecular formula is C27H30O5P2. The van der Waals surface area contributed by atoms with Crippen LogP contribution in [0.4, 0.5) is 0 Å². The molecule has 4 fully saturated rings. The van der Waals surface area contributed by atoms with Crippen molar-refractivity contribution in [3.8, 4) is 0 Å². The van der Waals surface area contributed by atoms with E-state index in [2.05, 4.69) is 13.3 Å². The van der Waals surface area contributed by atoms with Crippen LogP contribution in [0.2, 0.25) is 0 Å². The fraction of sp³-hybridized carbons (Fsp3) is 0.481. The Kier molecular flexibility index (Phi) is 5.60. The summed E-state index contributed by atoms with van der Waals surface area (Å²) in [7, 11) is 1.14. The van der Waals surface area contributed by atoms with Crippen LogP contribution in [0.5, 0.6) is 0 Å². The molecule has 0 amide bonds. The van der Waals surface area contributed by atoms with E-state index in [1.54, 1.807) is 24.3 Å². The smallest absolute Gasteiger partial charge is 0.338 e. The van der Waals surface area contributed by atoms with Crippen LogP contribution in [0.25, 0.3) is 0 Å². The van der Waals surface area contributed by atoms with Crippen molar-refractivity contribution in [2.75, 3.05) is 13.3 Å². The molecule has 34 heavy (non-hydrogen) atoms. The molecule has 2 aliphatic heterocycles. The summed E-state index contributed by atoms with van der Waals surface area (Å²) in [6.07, 6.45) is 2.62. The standard InChI is InChI=1S/C27H30O5P2/c1-33-26-15-27(34-2,21-19-14-13-18(30-19)20(21)26)23(32-25(29)17-11-7-4-8-12-17)22(26)31-24(28)16-9-5-3-6-10-16/h3-12,18-23,33-34H,13-15H2,1-2H3/t18?,19?,20?,21?,22?,23?,26-,27?/m0/s1. The van der Waals surface area contributed by atoms with Gasteiger partial charge in [0.1, 0.15) is 12.2 Å². The minimum atomic E-state index is -0.465. The molecule has 2 aromatic rings. The SMILES string of the molecule is CPC12C[C@@](PC)(C(OC(=O)c3ccccc3)C1OC(=O)c1ccccc1)C1C3CCC(O3)C12. The molecular weight excluding hydrogens is 466 g/mol. The maximum atomic E-state index is 13.3. The van der Waals surface area contributed by atoms with Gasteiger partial charge in [0, 0.05) is 22.1 Å². The molecule has 178 valence electrons. The maximum absolute atomic E-state index is 13.3. The average molecular weight is 496 g/mol. The van der Waals surface area contributed by atoms with E-state index in [-0.39, 0.29) is 34.5 Å². The summed E-state index contributed by atoms with van der Waals surface area (Å²) in [6, 6.07) is 18.3. The highest BCUT2D eigenvalue weighted by Gasteiger charge is 2.81. The Labute approximate surface area is 203 Å². The normalized spacial score (nSPS) is 39.8. The Morgan fingerprint density at radius 2 is 1.18 bits per heavy atom. The number of carbonyl (C=O) groups is 2. The number of hydrogen-bond donors (Lipinski definition) is 0. The summed E-state index contributed by atoms with van der Waals surface area (Å²) in [5.74, 6) is 0.0445. The topological polar surface area (TPSA) is 61.8 Å². The summed E-state index contributed by atoms with van der Waals surface area (Å²) in [5.41, 5.74) is 1.06. The molecule has 7 heteroatoms. The molecule has 4 bridgehead atoms. The molecule has 2 saturated carbocycles. The Hall–Kier alpha value is -1.80. The van der Waals surface area contributed by atoms with Crippen LogP contribution in [-0.4, -0.2) is 60.0 Å². The molecule has 5 nitrogen and oxygen atoms in total. The zero-order chi connectivity index (χ0) is 23.5. The molecule has 2 heterocycles. The van der Waals surface area contributed by atoms with Gasteiger partial charge < -0.3 is 14.2 Å². The first-order chi connectivity index (χ1) is 16.5. The van der Waals surface area contributed by atoms with Crippen molar-refractivity contribution < 1.29 is 23.8 Å². The minimum Gasteiger partial charge on any atom is -0.454 e. The lowest BCUT2D eigenvalue weighted by atomic mass is 9.68. The Bertz CT molecular complexity index is 1010. The predicted octanol–water partition coefficient (Wildman–Crippen LogP) is 4.74. The predicted molar refractivity (Wildman–Crippen MR) is 135 cm³/mol. The second kappa shape index (κ2) is 8.40. The third-order valence-electron chi connectivity index (χ3n) is 8.76. The van der Waals surface area contributed by atoms with Crippen molar-refractivity contribution in [2.45, 2.75) is 54.0 Å². The molecule has 10 atom stereocenters. The van der Waals surface area contributed by atoms with Crippen molar-refractivity contribution in [3.05, 3.63) is 71.8 Å². The van der Waals surface area contributed by atoms with Gasteiger partial charge in [0.2, 0.25) is 0 Å². The van der Waals surface area contributed by atoms with E-state index in [1.807, 2.05) is 36.4 Å². The van der Waals surface area contributed by atoms with Gasteiger partial charge >= 0.3 is 11.9 Å². The van der Waals surface area contributed by atoms with E-state index in [4.69, 9.17) is 14.2 Å². The molecule has 9 unspecified atom stereocenters. The molecule has 4 aliphatic rings. The summed E-state index contributed by atoms with van der Waals surface area (Å²) in [6.45, 7) is 4.45. The lowest BCUT2D eigenvalue weighted by Crippen LogP contribution is -2.60. The van der Waals surface area contributed by atoms with Crippen molar-refractivity contribution in [3.63, 3.8) is 0 Å². The third kappa shape index (κ3) is 3.10. The van der Waals surface area contributed by atoms with Gasteiger partial charge in [-0.2, -0.15) is 0 Å². The van der Waals surface area contributed by atoms with Gasteiger partial charge in [-0.3, -0.25) is 0 Å². The Morgan fingerprint density at radius 3 is 1.56 bits per heavy atom. The van der Waals surface area contributed by atoms with E-state index in [0.717, 1.165) is 19.3 Å². The fourth-order valence-electron chi connectivity index (χ4n) is 7.47. The Balaban J connectivity index is 1.41. The number of hydrogen-bond acceptors (Lipinski definition) is 5. The maximum Gasteiger partial charge on any atom is 0.338 e. The summed E-state index contributed by atoms with van der Waals surface area (Å²) >= 11 is 0. The van der Waals surface area contributed by atoms with Crippen LogP contribution >= 0.6 is 17.2 Å². The quantitative estimate of drug-likeness (QED) is 0.427. The Morgan fingerprint density at radius 1 is 0.765 bits per heavy atom. The van der Waals surface area contributed by atoms with E-state index in [9.17, 15) is 9.59 Å². The molecule has 0 N–H and O–H groups in total. The van der Waals surface area contributed by atoms with Gasteiger partial charge in [-0.05, 0) is 56.9 Å². The zero-order valence-electron chi connectivity index (χ0n) is 19.4. The molecule has 0 spiro atoms. The summed E-state index contributed by atoms with van der Waals surface area (Å²) in [4.78, 5) is 26.6. The lowest BCUT2D eigenvalue weighted by molar-refractivity contribution is -0.0693. The van der Waals surface area contributed by atoms with Crippen LogP contribution in [0.3, 0.4) is 0 Å². The number of carbonyl (C=O) groups excluding carboxylic acids is 2. The molecule has 2 aromatic carbocycles. The van der Waals surface area contributed by atoms with Gasteiger partial charge in [-0.25, -0.2) is 9.59 Å². The number of rotatable bonds is 6. The van der Waals surface area contributed by atoms with Crippen LogP contribution in [-0.2, 0) is 14.2 Å². The van der Waals surface area contributed by atoms with Gasteiger partial charge in [0.25, 0.3) is 0 Å². The van der Waals surface area contributed by atoms with E-state index < -0.39 is 12.2 Å². The highest BCUT2D eigenvalue weighted by Crippen LogP contribution is 2.76. The first-order valence-corrected chi connectivity index (χ1v) is 15.1. The van der Waals surface area contributed by atoms with E-state index in [0.29, 0.717) is 40.1 Å². The van der Waals surface area contributed by atoms with Crippen molar-refractivity contribution in [1.82, 2.24) is 0 Å². The monoisotopic (exact) mass is 496 g/mol. The molecule has 2 aliphatic carbocycles. The highest BCUT2D eigenvalue weighted by atomic mass is 31.1. The van der Waals surface area contributed by atoms with Gasteiger partial charge in [0.05, 0.1) is 23.3 Å². The highest BCUT2D eigenvalue weighted by molar-refractivity contribution is 7.41. The first kappa shape index (κ1) is 22.7. The minimum absolute atomic E-state index is 0.209. The molecule has 0 aromatic heterocycles.